The van der Waals surface area contributed by atoms with Crippen molar-refractivity contribution in [3.05, 3.63) is 53.1 Å². The van der Waals surface area contributed by atoms with Gasteiger partial charge in [-0.15, -0.1) is 11.3 Å². The van der Waals surface area contributed by atoms with E-state index in [1.165, 1.54) is 16.2 Å². The van der Waals surface area contributed by atoms with Crippen molar-refractivity contribution < 1.29 is 14.6 Å². The number of nitrogens with one attached hydrogen (secondary N) is 1. The number of benzene rings is 1. The Morgan fingerprint density at radius 3 is 2.46 bits per heavy atom. The van der Waals surface area contributed by atoms with Gasteiger partial charge in [0.2, 0.25) is 0 Å². The fraction of sp³-hybridized carbons (Fsp3) is 0.423. The molecule has 1 atom stereocenters. The second kappa shape index (κ2) is 10.8. The molecule has 1 amide bonds. The van der Waals surface area contributed by atoms with Crippen molar-refractivity contribution in [2.24, 2.45) is 5.92 Å². The standard InChI is InChI=1S/C26H33ClN4O3S/c1-17(15-26(5,6)31(24(32)33)25(2,3)4)16-34-21-8-7-18(13-20(21)27)19-9-10-28-22(14-19)30-23-29-11-12-35-23/h7-14,17H,15-16H2,1-6H3,(H,32,33)(H,28,29,30)/t17-/m0/s1. The van der Waals surface area contributed by atoms with E-state index in [0.717, 1.165) is 16.3 Å². The summed E-state index contributed by atoms with van der Waals surface area (Å²) in [5, 5.41) is 16.2. The minimum absolute atomic E-state index is 0.115. The number of carboxylic acid groups (broad SMARTS) is 1. The Labute approximate surface area is 216 Å². The van der Waals surface area contributed by atoms with Gasteiger partial charge in [-0.3, -0.25) is 4.90 Å². The van der Waals surface area contributed by atoms with Crippen LogP contribution in [0, 0.1) is 5.92 Å². The van der Waals surface area contributed by atoms with Gasteiger partial charge in [0.25, 0.3) is 0 Å². The molecule has 3 rings (SSSR count). The van der Waals surface area contributed by atoms with Crippen molar-refractivity contribution in [1.82, 2.24) is 14.9 Å². The molecule has 2 N–H and O–H groups in total. The van der Waals surface area contributed by atoms with Crippen LogP contribution >= 0.6 is 22.9 Å². The first-order chi connectivity index (χ1) is 16.4. The second-order valence-electron chi connectivity index (χ2n) is 10.3. The third-order valence-corrected chi connectivity index (χ3v) is 6.52. The predicted octanol–water partition coefficient (Wildman–Crippen LogP) is 7.56. The number of carbonyl (C=O) groups is 1. The highest BCUT2D eigenvalue weighted by Crippen LogP contribution is 2.34. The van der Waals surface area contributed by atoms with Gasteiger partial charge in [-0.05, 0) is 82.3 Å². The van der Waals surface area contributed by atoms with Crippen LogP contribution in [-0.4, -0.2) is 43.8 Å². The SMILES string of the molecule is C[C@H](COc1ccc(-c2ccnc(Nc3nccs3)c2)cc1Cl)CC(C)(C)N(C(=O)O)C(C)(C)C. The summed E-state index contributed by atoms with van der Waals surface area (Å²) in [6, 6.07) is 9.57. The molecule has 9 heteroatoms. The van der Waals surface area contributed by atoms with Crippen molar-refractivity contribution in [3.63, 3.8) is 0 Å². The van der Waals surface area contributed by atoms with Gasteiger partial charge >= 0.3 is 6.09 Å². The number of hydrogen-bond acceptors (Lipinski definition) is 6. The second-order valence-corrected chi connectivity index (χ2v) is 11.6. The Morgan fingerprint density at radius 2 is 1.86 bits per heavy atom. The molecule has 0 fully saturated rings. The van der Waals surface area contributed by atoms with Gasteiger partial charge in [0.15, 0.2) is 5.13 Å². The van der Waals surface area contributed by atoms with Gasteiger partial charge in [-0.2, -0.15) is 0 Å². The molecule has 2 heterocycles. The Morgan fingerprint density at radius 1 is 1.14 bits per heavy atom. The number of thiazole rings is 1. The van der Waals surface area contributed by atoms with E-state index in [-0.39, 0.29) is 5.92 Å². The number of aromatic nitrogens is 2. The van der Waals surface area contributed by atoms with Crippen LogP contribution in [0.5, 0.6) is 5.75 Å². The van der Waals surface area contributed by atoms with Gasteiger partial charge in [-0.1, -0.05) is 24.6 Å². The molecule has 35 heavy (non-hydrogen) atoms. The number of anilines is 2. The molecule has 1 aromatic carbocycles. The summed E-state index contributed by atoms with van der Waals surface area (Å²) in [4.78, 5) is 22.0. The van der Waals surface area contributed by atoms with Crippen LogP contribution in [0.25, 0.3) is 11.1 Å². The minimum Gasteiger partial charge on any atom is -0.492 e. The maximum absolute atomic E-state index is 11.9. The summed E-state index contributed by atoms with van der Waals surface area (Å²) in [5.41, 5.74) is 0.867. The lowest BCUT2D eigenvalue weighted by atomic mass is 9.87. The zero-order valence-electron chi connectivity index (χ0n) is 21.0. The molecule has 0 bridgehead atoms. The van der Waals surface area contributed by atoms with Crippen LogP contribution < -0.4 is 10.1 Å². The highest BCUT2D eigenvalue weighted by atomic mass is 35.5. The average molecular weight is 517 g/mol. The van der Waals surface area contributed by atoms with E-state index in [9.17, 15) is 9.90 Å². The van der Waals surface area contributed by atoms with E-state index < -0.39 is 17.2 Å². The summed E-state index contributed by atoms with van der Waals surface area (Å²) in [6.07, 6.45) is 3.21. The molecule has 0 unspecified atom stereocenters. The molecular weight excluding hydrogens is 484 g/mol. The number of pyridine rings is 1. The molecule has 0 aliphatic rings. The first-order valence-electron chi connectivity index (χ1n) is 11.5. The summed E-state index contributed by atoms with van der Waals surface area (Å²) < 4.78 is 6.03. The molecule has 0 radical (unpaired) electrons. The monoisotopic (exact) mass is 516 g/mol. The smallest absolute Gasteiger partial charge is 0.408 e. The third-order valence-electron chi connectivity index (χ3n) is 5.53. The Bertz CT molecular complexity index is 1150. The first-order valence-corrected chi connectivity index (χ1v) is 12.7. The van der Waals surface area contributed by atoms with Crippen molar-refractivity contribution in [1.29, 1.82) is 0 Å². The van der Waals surface area contributed by atoms with Gasteiger partial charge in [0.05, 0.1) is 11.6 Å². The van der Waals surface area contributed by atoms with Crippen molar-refractivity contribution in [3.8, 4) is 16.9 Å². The fourth-order valence-electron chi connectivity index (χ4n) is 4.56. The quantitative estimate of drug-likeness (QED) is 0.305. The topological polar surface area (TPSA) is 87.6 Å². The predicted molar refractivity (Wildman–Crippen MR) is 143 cm³/mol. The lowest BCUT2D eigenvalue weighted by molar-refractivity contribution is 0.0187. The fourth-order valence-corrected chi connectivity index (χ4v) is 5.33. The van der Waals surface area contributed by atoms with Crippen LogP contribution in [0.4, 0.5) is 15.7 Å². The van der Waals surface area contributed by atoms with E-state index in [0.29, 0.717) is 29.6 Å². The summed E-state index contributed by atoms with van der Waals surface area (Å²) in [7, 11) is 0. The largest absolute Gasteiger partial charge is 0.492 e. The molecule has 7 nitrogen and oxygen atoms in total. The normalized spacial score (nSPS) is 12.8. The zero-order chi connectivity index (χ0) is 25.8. The van der Waals surface area contributed by atoms with Gasteiger partial charge < -0.3 is 15.2 Å². The van der Waals surface area contributed by atoms with Crippen LogP contribution in [0.3, 0.4) is 0 Å². The average Bonchev–Trinajstić information content (AvgIpc) is 3.24. The van der Waals surface area contributed by atoms with Crippen LogP contribution in [0.1, 0.15) is 48.0 Å². The van der Waals surface area contributed by atoms with Gasteiger partial charge in [0, 0.05) is 28.9 Å². The molecule has 3 aromatic rings. The number of nitrogens with zero attached hydrogens (tertiary/aromatic N) is 3. The molecule has 0 aliphatic carbocycles. The first kappa shape index (κ1) is 26.8. The molecular formula is C26H33ClN4O3S. The molecule has 0 aliphatic heterocycles. The number of amides is 1. The maximum atomic E-state index is 11.9. The van der Waals surface area contributed by atoms with E-state index in [1.807, 2.05) is 70.3 Å². The number of hydrogen-bond donors (Lipinski definition) is 2. The van der Waals surface area contributed by atoms with E-state index in [4.69, 9.17) is 16.3 Å². The highest BCUT2D eigenvalue weighted by molar-refractivity contribution is 7.13. The Balaban J connectivity index is 1.65. The van der Waals surface area contributed by atoms with Crippen LogP contribution in [0.2, 0.25) is 5.02 Å². The van der Waals surface area contributed by atoms with E-state index in [1.54, 1.807) is 12.4 Å². The minimum atomic E-state index is -0.921. The number of rotatable bonds is 9. The van der Waals surface area contributed by atoms with E-state index in [2.05, 4.69) is 22.2 Å². The van der Waals surface area contributed by atoms with Crippen LogP contribution in [-0.2, 0) is 0 Å². The molecule has 2 aromatic heterocycles. The van der Waals surface area contributed by atoms with Crippen molar-refractivity contribution in [2.45, 2.75) is 59.0 Å². The molecule has 0 saturated heterocycles. The lowest BCUT2D eigenvalue weighted by Crippen LogP contribution is -2.57. The lowest BCUT2D eigenvalue weighted by Gasteiger charge is -2.46. The van der Waals surface area contributed by atoms with Gasteiger partial charge in [0.1, 0.15) is 11.6 Å². The highest BCUT2D eigenvalue weighted by Gasteiger charge is 2.39. The number of ether oxygens (including phenoxy) is 1. The summed E-state index contributed by atoms with van der Waals surface area (Å²) >= 11 is 8.06. The Kier molecular flexibility index (Phi) is 8.28. The summed E-state index contributed by atoms with van der Waals surface area (Å²) in [6.45, 7) is 12.1. The Hall–Kier alpha value is -2.84. The summed E-state index contributed by atoms with van der Waals surface area (Å²) in [5.74, 6) is 1.42. The molecule has 0 saturated carbocycles. The molecule has 188 valence electrons. The zero-order valence-corrected chi connectivity index (χ0v) is 22.6. The van der Waals surface area contributed by atoms with E-state index >= 15 is 0 Å². The number of halogens is 1. The van der Waals surface area contributed by atoms with Crippen molar-refractivity contribution in [2.75, 3.05) is 11.9 Å². The van der Waals surface area contributed by atoms with Crippen molar-refractivity contribution >= 4 is 40.0 Å². The molecule has 0 spiro atoms. The maximum Gasteiger partial charge on any atom is 0.408 e. The third kappa shape index (κ3) is 7.08. The van der Waals surface area contributed by atoms with Crippen LogP contribution in [0.15, 0.2) is 48.1 Å². The van der Waals surface area contributed by atoms with Gasteiger partial charge in [-0.25, -0.2) is 14.8 Å².